The van der Waals surface area contributed by atoms with Crippen LogP contribution in [-0.4, -0.2) is 39.1 Å². The van der Waals surface area contributed by atoms with Crippen molar-refractivity contribution in [1.29, 1.82) is 0 Å². The van der Waals surface area contributed by atoms with Gasteiger partial charge in [0.2, 0.25) is 0 Å². The molecule has 0 aliphatic carbocycles. The minimum Gasteiger partial charge on any atom is -0.494 e. The third kappa shape index (κ3) is 7.92. The second-order valence-corrected chi connectivity index (χ2v) is 6.41. The van der Waals surface area contributed by atoms with Gasteiger partial charge in [0.15, 0.2) is 5.96 Å². The Morgan fingerprint density at radius 2 is 1.90 bits per heavy atom. The lowest BCUT2D eigenvalue weighted by Crippen LogP contribution is -2.37. The number of ether oxygens (including phenoxy) is 1. The molecule has 0 aliphatic heterocycles. The Balaban J connectivity index is 0.00000420. The van der Waals surface area contributed by atoms with Crippen molar-refractivity contribution in [3.05, 3.63) is 64.7 Å². The summed E-state index contributed by atoms with van der Waals surface area (Å²) in [5, 5.41) is 9.28. The number of guanidine groups is 1. The molecule has 3 N–H and O–H groups in total. The van der Waals surface area contributed by atoms with E-state index in [1.54, 1.807) is 14.1 Å². The number of rotatable bonds is 8. The van der Waals surface area contributed by atoms with E-state index < -0.39 is 0 Å². The third-order valence-electron chi connectivity index (χ3n) is 4.35. The molecule has 6 nitrogen and oxygen atoms in total. The van der Waals surface area contributed by atoms with Gasteiger partial charge in [-0.2, -0.15) is 0 Å². The fraction of sp³-hybridized carbons (Fsp3) is 0.364. The van der Waals surface area contributed by atoms with Crippen molar-refractivity contribution in [2.75, 3.05) is 27.2 Å². The first-order valence-corrected chi connectivity index (χ1v) is 9.55. The summed E-state index contributed by atoms with van der Waals surface area (Å²) in [5.41, 5.74) is 4.07. The lowest BCUT2D eigenvalue weighted by atomic mass is 10.1. The van der Waals surface area contributed by atoms with Gasteiger partial charge in [-0.3, -0.25) is 9.79 Å². The molecule has 29 heavy (non-hydrogen) atoms. The number of hydrogen-bond donors (Lipinski definition) is 3. The van der Waals surface area contributed by atoms with E-state index in [4.69, 9.17) is 4.74 Å². The average molecular weight is 510 g/mol. The Hall–Kier alpha value is -2.29. The number of halogens is 1. The van der Waals surface area contributed by atoms with Crippen LogP contribution in [0.4, 0.5) is 0 Å². The largest absolute Gasteiger partial charge is 0.494 e. The van der Waals surface area contributed by atoms with Gasteiger partial charge >= 0.3 is 0 Å². The van der Waals surface area contributed by atoms with Crippen LogP contribution in [0, 0.1) is 6.92 Å². The smallest absolute Gasteiger partial charge is 0.251 e. The van der Waals surface area contributed by atoms with Crippen LogP contribution >= 0.6 is 24.0 Å². The van der Waals surface area contributed by atoms with Crippen molar-refractivity contribution in [2.45, 2.75) is 26.8 Å². The predicted octanol–water partition coefficient (Wildman–Crippen LogP) is 3.28. The van der Waals surface area contributed by atoms with Crippen molar-refractivity contribution in [3.8, 4) is 5.75 Å². The number of benzene rings is 2. The molecule has 1 amide bonds. The van der Waals surface area contributed by atoms with E-state index in [0.29, 0.717) is 18.7 Å². The van der Waals surface area contributed by atoms with Gasteiger partial charge in [-0.25, -0.2) is 0 Å². The first kappa shape index (κ1) is 24.7. The van der Waals surface area contributed by atoms with Gasteiger partial charge in [0.1, 0.15) is 5.75 Å². The van der Waals surface area contributed by atoms with Crippen LogP contribution in [0.15, 0.2) is 47.5 Å². The van der Waals surface area contributed by atoms with E-state index in [-0.39, 0.29) is 29.9 Å². The van der Waals surface area contributed by atoms with Crippen molar-refractivity contribution >= 4 is 35.8 Å². The highest BCUT2D eigenvalue weighted by Gasteiger charge is 2.05. The molecule has 0 spiro atoms. The lowest BCUT2D eigenvalue weighted by Gasteiger charge is -2.13. The maximum absolute atomic E-state index is 11.7. The molecule has 2 aromatic carbocycles. The molecular formula is C22H31IN4O2. The van der Waals surface area contributed by atoms with Crippen LogP contribution in [0.1, 0.15) is 34.0 Å². The quantitative estimate of drug-likeness (QED) is 0.290. The van der Waals surface area contributed by atoms with Crippen LogP contribution in [0.3, 0.4) is 0 Å². The van der Waals surface area contributed by atoms with Gasteiger partial charge in [-0.05, 0) is 55.2 Å². The summed E-state index contributed by atoms with van der Waals surface area (Å²) in [5.74, 6) is 1.60. The first-order valence-electron chi connectivity index (χ1n) is 9.55. The topological polar surface area (TPSA) is 74.8 Å². The number of carbonyl (C=O) groups is 1. The second kappa shape index (κ2) is 13.0. The van der Waals surface area contributed by atoms with Crippen molar-refractivity contribution in [2.24, 2.45) is 4.99 Å². The van der Waals surface area contributed by atoms with Gasteiger partial charge in [0.05, 0.1) is 6.61 Å². The standard InChI is InChI=1S/C22H30N4O2.HI/c1-5-28-20-10-9-18(13-16(20)2)15-26-22(24-4)25-12-11-17-7-6-8-19(14-17)21(27)23-3;/h6-10,13-14H,5,11-12,15H2,1-4H3,(H,23,27)(H2,24,25,26);1H. The maximum atomic E-state index is 11.7. The molecule has 0 aliphatic rings. The molecular weight excluding hydrogens is 479 g/mol. The summed E-state index contributed by atoms with van der Waals surface area (Å²) in [4.78, 5) is 16.0. The Labute approximate surface area is 190 Å². The molecule has 0 heterocycles. The number of amides is 1. The highest BCUT2D eigenvalue weighted by molar-refractivity contribution is 14.0. The molecule has 0 aromatic heterocycles. The molecule has 0 fully saturated rings. The minimum atomic E-state index is -0.0714. The zero-order chi connectivity index (χ0) is 20.4. The summed E-state index contributed by atoms with van der Waals surface area (Å²) in [6.07, 6.45) is 0.799. The summed E-state index contributed by atoms with van der Waals surface area (Å²) >= 11 is 0. The SMILES string of the molecule is CCOc1ccc(CNC(=NC)NCCc2cccc(C(=O)NC)c2)cc1C.I. The van der Waals surface area contributed by atoms with E-state index in [0.717, 1.165) is 35.8 Å². The molecule has 0 atom stereocenters. The molecule has 0 unspecified atom stereocenters. The second-order valence-electron chi connectivity index (χ2n) is 6.41. The normalized spacial score (nSPS) is 10.7. The van der Waals surface area contributed by atoms with Crippen LogP contribution in [0.25, 0.3) is 0 Å². The third-order valence-corrected chi connectivity index (χ3v) is 4.35. The van der Waals surface area contributed by atoms with E-state index >= 15 is 0 Å². The number of nitrogens with one attached hydrogen (secondary N) is 3. The molecule has 0 saturated carbocycles. The zero-order valence-electron chi connectivity index (χ0n) is 17.5. The van der Waals surface area contributed by atoms with Crippen LogP contribution in [0.5, 0.6) is 5.75 Å². The molecule has 0 saturated heterocycles. The molecule has 2 rings (SSSR count). The molecule has 0 bridgehead atoms. The van der Waals surface area contributed by atoms with E-state index in [2.05, 4.69) is 40.0 Å². The summed E-state index contributed by atoms with van der Waals surface area (Å²) in [6.45, 7) is 6.10. The van der Waals surface area contributed by atoms with E-state index in [1.807, 2.05) is 37.3 Å². The fourth-order valence-electron chi connectivity index (χ4n) is 2.88. The van der Waals surface area contributed by atoms with Crippen LogP contribution in [0.2, 0.25) is 0 Å². The molecule has 158 valence electrons. The zero-order valence-corrected chi connectivity index (χ0v) is 19.9. The van der Waals surface area contributed by atoms with Gasteiger partial charge in [-0.1, -0.05) is 24.3 Å². The first-order chi connectivity index (χ1) is 13.6. The maximum Gasteiger partial charge on any atom is 0.251 e. The van der Waals surface area contributed by atoms with E-state index in [9.17, 15) is 4.79 Å². The van der Waals surface area contributed by atoms with Crippen molar-refractivity contribution < 1.29 is 9.53 Å². The van der Waals surface area contributed by atoms with E-state index in [1.165, 1.54) is 5.56 Å². The lowest BCUT2D eigenvalue weighted by molar-refractivity contribution is 0.0963. The summed E-state index contributed by atoms with van der Waals surface area (Å²) < 4.78 is 5.58. The highest BCUT2D eigenvalue weighted by Crippen LogP contribution is 2.18. The Bertz CT molecular complexity index is 824. The molecule has 7 heteroatoms. The van der Waals surface area contributed by atoms with Crippen molar-refractivity contribution in [3.63, 3.8) is 0 Å². The molecule has 0 radical (unpaired) electrons. The number of carbonyl (C=O) groups excluding carboxylic acids is 1. The number of aliphatic imine (C=N–C) groups is 1. The van der Waals surface area contributed by atoms with Crippen LogP contribution < -0.4 is 20.7 Å². The van der Waals surface area contributed by atoms with Gasteiger partial charge in [0.25, 0.3) is 5.91 Å². The predicted molar refractivity (Wildman–Crippen MR) is 130 cm³/mol. The van der Waals surface area contributed by atoms with Crippen LogP contribution in [-0.2, 0) is 13.0 Å². The number of hydrogen-bond acceptors (Lipinski definition) is 3. The summed E-state index contributed by atoms with van der Waals surface area (Å²) in [6, 6.07) is 13.8. The minimum absolute atomic E-state index is 0. The van der Waals surface area contributed by atoms with Gasteiger partial charge in [0, 0.05) is 32.7 Å². The highest BCUT2D eigenvalue weighted by atomic mass is 127. The van der Waals surface area contributed by atoms with Gasteiger partial charge < -0.3 is 20.7 Å². The van der Waals surface area contributed by atoms with Gasteiger partial charge in [-0.15, -0.1) is 24.0 Å². The number of nitrogens with zero attached hydrogens (tertiary/aromatic N) is 1. The number of aryl methyl sites for hydroxylation is 1. The monoisotopic (exact) mass is 510 g/mol. The summed E-state index contributed by atoms with van der Waals surface area (Å²) in [7, 11) is 3.39. The Morgan fingerprint density at radius 3 is 2.55 bits per heavy atom. The van der Waals surface area contributed by atoms with Crippen molar-refractivity contribution in [1.82, 2.24) is 16.0 Å². The Morgan fingerprint density at radius 1 is 1.10 bits per heavy atom. The Kier molecular flexibility index (Phi) is 11.1. The average Bonchev–Trinajstić information content (AvgIpc) is 2.72. The fourth-order valence-corrected chi connectivity index (χ4v) is 2.88. The molecule has 2 aromatic rings.